The zero-order valence-corrected chi connectivity index (χ0v) is 12.0. The number of rotatable bonds is 2. The average molecular weight is 260 g/mol. The molecule has 0 spiro atoms. The summed E-state index contributed by atoms with van der Waals surface area (Å²) in [5.74, 6) is 1.01. The van der Waals surface area contributed by atoms with E-state index in [1.54, 1.807) is 0 Å². The Balaban J connectivity index is 1.97. The molecule has 3 fully saturated rings. The number of aliphatic hydroxyl groups excluding tert-OH is 2. The van der Waals surface area contributed by atoms with Crippen molar-refractivity contribution in [1.29, 1.82) is 0 Å². The molecular formula is C17H24O2. The molecule has 3 saturated carbocycles. The van der Waals surface area contributed by atoms with Crippen LogP contribution in [-0.4, -0.2) is 16.3 Å². The van der Waals surface area contributed by atoms with Gasteiger partial charge in [0.1, 0.15) is 0 Å². The summed E-state index contributed by atoms with van der Waals surface area (Å²) >= 11 is 0. The first-order chi connectivity index (χ1) is 8.88. The van der Waals surface area contributed by atoms with Crippen molar-refractivity contribution in [3.8, 4) is 0 Å². The smallest absolute Gasteiger partial charge is 0.0871 e. The molecule has 0 aromatic heterocycles. The second kappa shape index (κ2) is 4.07. The molecule has 4 rings (SSSR count). The largest absolute Gasteiger partial charge is 0.392 e. The van der Waals surface area contributed by atoms with Gasteiger partial charge in [0.25, 0.3) is 0 Å². The monoisotopic (exact) mass is 260 g/mol. The lowest BCUT2D eigenvalue weighted by Gasteiger charge is -2.67. The Morgan fingerprint density at radius 3 is 2.32 bits per heavy atom. The van der Waals surface area contributed by atoms with Gasteiger partial charge in [-0.05, 0) is 35.7 Å². The van der Waals surface area contributed by atoms with Gasteiger partial charge in [-0.25, -0.2) is 0 Å². The van der Waals surface area contributed by atoms with E-state index in [9.17, 15) is 10.2 Å². The van der Waals surface area contributed by atoms with Crippen molar-refractivity contribution < 1.29 is 10.2 Å². The van der Waals surface area contributed by atoms with Crippen LogP contribution in [0.25, 0.3) is 0 Å². The Hall–Kier alpha value is -0.860. The molecular weight excluding hydrogens is 236 g/mol. The standard InChI is InChI=1S/C17H24O2/c1-16(2)12-9-13(16)17(3,14(18)10-12)15(19)11-7-5-4-6-8-11/h4-8,12-15,18-19H,9-10H2,1-3H3/t12-,13-,14+,15+,17-/m0/s1. The van der Waals surface area contributed by atoms with Gasteiger partial charge < -0.3 is 10.2 Å². The van der Waals surface area contributed by atoms with E-state index in [1.807, 2.05) is 30.3 Å². The number of hydrogen-bond donors (Lipinski definition) is 2. The molecule has 0 heterocycles. The lowest BCUT2D eigenvalue weighted by atomic mass is 9.39. The molecule has 2 bridgehead atoms. The fraction of sp³-hybridized carbons (Fsp3) is 0.647. The molecule has 3 aliphatic carbocycles. The fourth-order valence-electron chi connectivity index (χ4n) is 4.59. The first kappa shape index (κ1) is 13.1. The van der Waals surface area contributed by atoms with Gasteiger partial charge in [-0.15, -0.1) is 0 Å². The highest BCUT2D eigenvalue weighted by Crippen LogP contribution is 2.68. The molecule has 0 saturated heterocycles. The van der Waals surface area contributed by atoms with Crippen LogP contribution in [0.4, 0.5) is 0 Å². The first-order valence-electron chi connectivity index (χ1n) is 7.29. The third kappa shape index (κ3) is 1.63. The van der Waals surface area contributed by atoms with E-state index in [0.717, 1.165) is 18.4 Å². The molecule has 19 heavy (non-hydrogen) atoms. The predicted molar refractivity (Wildman–Crippen MR) is 75.5 cm³/mol. The van der Waals surface area contributed by atoms with E-state index in [1.165, 1.54) is 0 Å². The van der Waals surface area contributed by atoms with E-state index in [0.29, 0.717) is 11.8 Å². The number of hydrogen-bond acceptors (Lipinski definition) is 2. The van der Waals surface area contributed by atoms with Crippen molar-refractivity contribution >= 4 is 0 Å². The first-order valence-corrected chi connectivity index (χ1v) is 7.29. The molecule has 0 amide bonds. The van der Waals surface area contributed by atoms with Gasteiger partial charge in [-0.3, -0.25) is 0 Å². The van der Waals surface area contributed by atoms with Gasteiger partial charge in [-0.2, -0.15) is 0 Å². The number of aliphatic hydroxyl groups is 2. The summed E-state index contributed by atoms with van der Waals surface area (Å²) in [6.07, 6.45) is 0.975. The minimum absolute atomic E-state index is 0.240. The normalized spacial score (nSPS) is 41.4. The van der Waals surface area contributed by atoms with Crippen molar-refractivity contribution in [3.05, 3.63) is 35.9 Å². The highest BCUT2D eigenvalue weighted by atomic mass is 16.3. The maximum atomic E-state index is 10.8. The van der Waals surface area contributed by atoms with Crippen LogP contribution >= 0.6 is 0 Å². The van der Waals surface area contributed by atoms with E-state index in [2.05, 4.69) is 20.8 Å². The quantitative estimate of drug-likeness (QED) is 0.857. The van der Waals surface area contributed by atoms with Crippen LogP contribution in [0, 0.1) is 22.7 Å². The zero-order chi connectivity index (χ0) is 13.8. The number of fused-ring (bicyclic) bond motifs is 2. The summed E-state index contributed by atoms with van der Waals surface area (Å²) < 4.78 is 0. The minimum atomic E-state index is -0.589. The van der Waals surface area contributed by atoms with E-state index in [-0.39, 0.29) is 5.41 Å². The summed E-state index contributed by atoms with van der Waals surface area (Å²) in [4.78, 5) is 0. The Labute approximate surface area is 115 Å². The molecule has 0 unspecified atom stereocenters. The van der Waals surface area contributed by atoms with E-state index < -0.39 is 17.6 Å². The maximum absolute atomic E-state index is 10.8. The lowest BCUT2D eigenvalue weighted by molar-refractivity contribution is -0.243. The van der Waals surface area contributed by atoms with E-state index >= 15 is 0 Å². The van der Waals surface area contributed by atoms with Crippen molar-refractivity contribution in [2.45, 2.75) is 45.8 Å². The maximum Gasteiger partial charge on any atom is 0.0871 e. The predicted octanol–water partition coefficient (Wildman–Crippen LogP) is 3.15. The Morgan fingerprint density at radius 2 is 1.74 bits per heavy atom. The van der Waals surface area contributed by atoms with Gasteiger partial charge in [0, 0.05) is 5.41 Å². The highest BCUT2D eigenvalue weighted by Gasteiger charge is 2.65. The Kier molecular flexibility index (Phi) is 2.81. The van der Waals surface area contributed by atoms with Crippen LogP contribution in [0.3, 0.4) is 0 Å². The summed E-state index contributed by atoms with van der Waals surface area (Å²) in [6, 6.07) is 9.78. The molecule has 104 valence electrons. The average Bonchev–Trinajstić information content (AvgIpc) is 2.41. The molecule has 1 aromatic rings. The van der Waals surface area contributed by atoms with Crippen LogP contribution in [0.2, 0.25) is 0 Å². The number of benzene rings is 1. The third-order valence-corrected chi connectivity index (χ3v) is 6.15. The lowest BCUT2D eigenvalue weighted by Crippen LogP contribution is -2.64. The highest BCUT2D eigenvalue weighted by molar-refractivity contribution is 5.24. The van der Waals surface area contributed by atoms with E-state index in [4.69, 9.17) is 0 Å². The van der Waals surface area contributed by atoms with Crippen molar-refractivity contribution in [3.63, 3.8) is 0 Å². The minimum Gasteiger partial charge on any atom is -0.392 e. The van der Waals surface area contributed by atoms with Gasteiger partial charge in [0.15, 0.2) is 0 Å². The van der Waals surface area contributed by atoms with Gasteiger partial charge in [0.05, 0.1) is 12.2 Å². The fourth-order valence-corrected chi connectivity index (χ4v) is 4.59. The molecule has 5 atom stereocenters. The van der Waals surface area contributed by atoms with Gasteiger partial charge in [0.2, 0.25) is 0 Å². The van der Waals surface area contributed by atoms with Crippen LogP contribution in [0.5, 0.6) is 0 Å². The van der Waals surface area contributed by atoms with Gasteiger partial charge >= 0.3 is 0 Å². The Morgan fingerprint density at radius 1 is 1.11 bits per heavy atom. The van der Waals surface area contributed by atoms with Crippen LogP contribution in [0.15, 0.2) is 30.3 Å². The molecule has 2 nitrogen and oxygen atoms in total. The van der Waals surface area contributed by atoms with Gasteiger partial charge in [-0.1, -0.05) is 51.1 Å². The van der Waals surface area contributed by atoms with Crippen molar-refractivity contribution in [2.75, 3.05) is 0 Å². The summed E-state index contributed by atoms with van der Waals surface area (Å²) in [5.41, 5.74) is 0.730. The molecule has 2 N–H and O–H groups in total. The van der Waals surface area contributed by atoms with Crippen molar-refractivity contribution in [1.82, 2.24) is 0 Å². The Bertz CT molecular complexity index is 467. The molecule has 2 heteroatoms. The van der Waals surface area contributed by atoms with Crippen LogP contribution in [0.1, 0.15) is 45.3 Å². The second-order valence-electron chi connectivity index (χ2n) is 7.24. The summed E-state index contributed by atoms with van der Waals surface area (Å²) in [5, 5.41) is 21.4. The summed E-state index contributed by atoms with van der Waals surface area (Å²) in [7, 11) is 0. The zero-order valence-electron chi connectivity index (χ0n) is 12.0. The molecule has 0 aliphatic heterocycles. The molecule has 1 aromatic carbocycles. The third-order valence-electron chi connectivity index (χ3n) is 6.15. The SMILES string of the molecule is CC1(C)[C@@H]2C[C@@H](O)[C@@](C)([C@H](O)c3ccccc3)[C@H]1C2. The summed E-state index contributed by atoms with van der Waals surface area (Å²) in [6.45, 7) is 6.64. The molecule has 3 aliphatic rings. The van der Waals surface area contributed by atoms with Crippen molar-refractivity contribution in [2.24, 2.45) is 22.7 Å². The van der Waals surface area contributed by atoms with Crippen LogP contribution in [-0.2, 0) is 0 Å². The second-order valence-corrected chi connectivity index (χ2v) is 7.24. The topological polar surface area (TPSA) is 40.5 Å². The molecule has 0 radical (unpaired) electrons. The van der Waals surface area contributed by atoms with Crippen LogP contribution < -0.4 is 0 Å².